The summed E-state index contributed by atoms with van der Waals surface area (Å²) in [7, 11) is -3.73. The third kappa shape index (κ3) is 3.44. The van der Waals surface area contributed by atoms with E-state index in [1.54, 1.807) is 24.3 Å². The van der Waals surface area contributed by atoms with Crippen molar-refractivity contribution in [2.45, 2.75) is 25.8 Å². The van der Waals surface area contributed by atoms with Crippen molar-refractivity contribution < 1.29 is 18.7 Å². The molecule has 3 atom stereocenters. The zero-order valence-corrected chi connectivity index (χ0v) is 15.2. The van der Waals surface area contributed by atoms with Crippen molar-refractivity contribution in [3.8, 4) is 0 Å². The maximum atomic E-state index is 13.2. The normalized spacial score (nSPS) is 27.6. The number of halogens is 1. The van der Waals surface area contributed by atoms with E-state index in [0.717, 1.165) is 5.56 Å². The standard InChI is InChI=1S/C18H20ClO4P/c1-18(2)12-22-24(21,17(20)14-8-10-15(19)11-9-14)23-16(18)13-6-4-3-5-7-13/h3-11,16-17,20H,12H2,1-2H3. The van der Waals surface area contributed by atoms with E-state index in [9.17, 15) is 9.67 Å². The van der Waals surface area contributed by atoms with Crippen LogP contribution in [0.15, 0.2) is 54.6 Å². The van der Waals surface area contributed by atoms with Gasteiger partial charge in [-0.15, -0.1) is 0 Å². The maximum absolute atomic E-state index is 13.2. The highest BCUT2D eigenvalue weighted by molar-refractivity contribution is 7.54. The van der Waals surface area contributed by atoms with Gasteiger partial charge in [0.15, 0.2) is 5.85 Å². The molecule has 0 spiro atoms. The summed E-state index contributed by atoms with van der Waals surface area (Å²) in [6, 6.07) is 16.1. The van der Waals surface area contributed by atoms with E-state index in [2.05, 4.69) is 0 Å². The van der Waals surface area contributed by atoms with Gasteiger partial charge in [-0.05, 0) is 23.3 Å². The quantitative estimate of drug-likeness (QED) is 0.745. The Kier molecular flexibility index (Phi) is 4.87. The Morgan fingerprint density at radius 3 is 2.42 bits per heavy atom. The Bertz CT molecular complexity index is 745. The van der Waals surface area contributed by atoms with Gasteiger partial charge < -0.3 is 9.63 Å². The maximum Gasteiger partial charge on any atom is 0.364 e. The van der Waals surface area contributed by atoms with Gasteiger partial charge in [-0.1, -0.05) is 67.9 Å². The molecule has 0 radical (unpaired) electrons. The lowest BCUT2D eigenvalue weighted by molar-refractivity contribution is -0.0388. The summed E-state index contributed by atoms with van der Waals surface area (Å²) in [6.45, 7) is 4.21. The molecule has 3 unspecified atom stereocenters. The highest BCUT2D eigenvalue weighted by Gasteiger charge is 2.49. The molecule has 0 aromatic heterocycles. The molecular formula is C18H20ClO4P. The van der Waals surface area contributed by atoms with Crippen LogP contribution in [0.25, 0.3) is 0 Å². The molecule has 3 rings (SSSR count). The van der Waals surface area contributed by atoms with Gasteiger partial charge in [0.05, 0.1) is 12.7 Å². The first-order chi connectivity index (χ1) is 11.3. The average molecular weight is 367 g/mol. The van der Waals surface area contributed by atoms with Crippen molar-refractivity contribution in [3.05, 3.63) is 70.7 Å². The lowest BCUT2D eigenvalue weighted by atomic mass is 9.83. The lowest BCUT2D eigenvalue weighted by Crippen LogP contribution is -2.34. The Balaban J connectivity index is 1.91. The van der Waals surface area contributed by atoms with Crippen LogP contribution < -0.4 is 0 Å². The van der Waals surface area contributed by atoms with E-state index in [4.69, 9.17) is 20.6 Å². The minimum absolute atomic E-state index is 0.231. The van der Waals surface area contributed by atoms with Gasteiger partial charge in [0.2, 0.25) is 0 Å². The summed E-state index contributed by atoms with van der Waals surface area (Å²) in [5.74, 6) is -1.35. The molecule has 1 saturated heterocycles. The van der Waals surface area contributed by atoms with Crippen LogP contribution in [0.2, 0.25) is 5.02 Å². The molecule has 0 aliphatic carbocycles. The van der Waals surface area contributed by atoms with Crippen molar-refractivity contribution in [2.75, 3.05) is 6.61 Å². The molecule has 2 aromatic carbocycles. The van der Waals surface area contributed by atoms with Crippen LogP contribution >= 0.6 is 19.2 Å². The summed E-state index contributed by atoms with van der Waals surface area (Å²) in [6.07, 6.45) is -0.430. The molecule has 1 heterocycles. The van der Waals surface area contributed by atoms with Crippen molar-refractivity contribution in [3.63, 3.8) is 0 Å². The minimum atomic E-state index is -3.73. The fourth-order valence-electron chi connectivity index (χ4n) is 2.74. The predicted octanol–water partition coefficient (Wildman–Crippen LogP) is 5.34. The molecule has 0 saturated carbocycles. The van der Waals surface area contributed by atoms with Crippen LogP contribution in [0.4, 0.5) is 0 Å². The Morgan fingerprint density at radius 2 is 1.79 bits per heavy atom. The third-order valence-electron chi connectivity index (χ3n) is 4.15. The largest absolute Gasteiger partial charge is 0.376 e. The lowest BCUT2D eigenvalue weighted by Gasteiger charge is -2.42. The van der Waals surface area contributed by atoms with Gasteiger partial charge in [0.25, 0.3) is 0 Å². The highest BCUT2D eigenvalue weighted by Crippen LogP contribution is 2.67. The Morgan fingerprint density at radius 1 is 1.17 bits per heavy atom. The summed E-state index contributed by atoms with van der Waals surface area (Å²) < 4.78 is 24.6. The second kappa shape index (κ2) is 6.62. The molecule has 0 amide bonds. The number of benzene rings is 2. The SMILES string of the molecule is CC1(C)COP(=O)(C(O)c2ccc(Cl)cc2)OC1c1ccccc1. The molecule has 4 nitrogen and oxygen atoms in total. The molecular weight excluding hydrogens is 347 g/mol. The van der Waals surface area contributed by atoms with Gasteiger partial charge in [-0.3, -0.25) is 9.09 Å². The number of aliphatic hydroxyl groups excluding tert-OH is 1. The summed E-state index contributed by atoms with van der Waals surface area (Å²) in [5, 5.41) is 11.1. The first-order valence-corrected chi connectivity index (χ1v) is 9.72. The monoisotopic (exact) mass is 366 g/mol. The summed E-state index contributed by atoms with van der Waals surface area (Å²) in [5.41, 5.74) is 0.998. The zero-order valence-electron chi connectivity index (χ0n) is 13.6. The van der Waals surface area contributed by atoms with Crippen LogP contribution in [0.1, 0.15) is 36.9 Å². The molecule has 1 N–H and O–H groups in total. The van der Waals surface area contributed by atoms with Gasteiger partial charge in [0, 0.05) is 10.4 Å². The van der Waals surface area contributed by atoms with Crippen molar-refractivity contribution >= 4 is 19.2 Å². The van der Waals surface area contributed by atoms with Crippen LogP contribution in [0.5, 0.6) is 0 Å². The molecule has 1 fully saturated rings. The van der Waals surface area contributed by atoms with Gasteiger partial charge in [0.1, 0.15) is 0 Å². The van der Waals surface area contributed by atoms with Crippen LogP contribution in [0, 0.1) is 5.41 Å². The van der Waals surface area contributed by atoms with Crippen molar-refractivity contribution in [2.24, 2.45) is 5.41 Å². The van der Waals surface area contributed by atoms with Crippen LogP contribution in [-0.2, 0) is 13.6 Å². The molecule has 128 valence electrons. The number of hydrogen-bond acceptors (Lipinski definition) is 4. The molecule has 0 bridgehead atoms. The second-order valence-electron chi connectivity index (χ2n) is 6.62. The fraction of sp³-hybridized carbons (Fsp3) is 0.333. The molecule has 24 heavy (non-hydrogen) atoms. The highest BCUT2D eigenvalue weighted by atomic mass is 35.5. The Hall–Kier alpha value is -1.16. The smallest absolute Gasteiger partial charge is 0.364 e. The zero-order chi connectivity index (χ0) is 17.4. The van der Waals surface area contributed by atoms with Crippen molar-refractivity contribution in [1.82, 2.24) is 0 Å². The van der Waals surface area contributed by atoms with E-state index in [-0.39, 0.29) is 12.0 Å². The third-order valence-corrected chi connectivity index (χ3v) is 6.29. The first kappa shape index (κ1) is 17.7. The topological polar surface area (TPSA) is 55.8 Å². The molecule has 2 aromatic rings. The molecule has 6 heteroatoms. The average Bonchev–Trinajstić information content (AvgIpc) is 2.58. The van der Waals surface area contributed by atoms with E-state index >= 15 is 0 Å². The van der Waals surface area contributed by atoms with E-state index in [1.165, 1.54) is 0 Å². The molecule has 1 aliphatic rings. The first-order valence-electron chi connectivity index (χ1n) is 7.73. The second-order valence-corrected chi connectivity index (χ2v) is 9.10. The van der Waals surface area contributed by atoms with Crippen LogP contribution in [-0.4, -0.2) is 11.7 Å². The summed E-state index contributed by atoms with van der Waals surface area (Å²) in [4.78, 5) is 0. The Labute approximate surface area is 146 Å². The molecule has 1 aliphatic heterocycles. The number of aliphatic hydroxyl groups is 1. The minimum Gasteiger partial charge on any atom is -0.376 e. The van der Waals surface area contributed by atoms with E-state index in [0.29, 0.717) is 10.6 Å². The number of rotatable bonds is 3. The van der Waals surface area contributed by atoms with Gasteiger partial charge >= 0.3 is 7.60 Å². The fourth-order valence-corrected chi connectivity index (χ4v) is 4.93. The number of hydrogen-bond donors (Lipinski definition) is 1. The van der Waals surface area contributed by atoms with E-state index in [1.807, 2.05) is 44.2 Å². The van der Waals surface area contributed by atoms with Crippen LogP contribution in [0.3, 0.4) is 0 Å². The van der Waals surface area contributed by atoms with Gasteiger partial charge in [-0.25, -0.2) is 0 Å². The van der Waals surface area contributed by atoms with E-state index < -0.39 is 19.5 Å². The predicted molar refractivity (Wildman–Crippen MR) is 94.0 cm³/mol. The van der Waals surface area contributed by atoms with Crippen molar-refractivity contribution in [1.29, 1.82) is 0 Å². The summed E-state index contributed by atoms with van der Waals surface area (Å²) >= 11 is 5.86. The van der Waals surface area contributed by atoms with Gasteiger partial charge in [-0.2, -0.15) is 0 Å².